The molecule has 0 aromatic heterocycles. The van der Waals surface area contributed by atoms with Crippen LogP contribution in [0.4, 0.5) is 0 Å². The molecule has 24 heavy (non-hydrogen) atoms. The molecule has 0 radical (unpaired) electrons. The Bertz CT molecular complexity index is 786. The van der Waals surface area contributed by atoms with Crippen molar-refractivity contribution in [2.24, 2.45) is 0 Å². The number of methoxy groups -OCH3 is 1. The Labute approximate surface area is 143 Å². The average Bonchev–Trinajstić information content (AvgIpc) is 2.63. The molecule has 3 heteroatoms. The molecule has 0 heterocycles. The molecule has 0 unspecified atom stereocenters. The van der Waals surface area contributed by atoms with Gasteiger partial charge in [0.05, 0.1) is 13.7 Å². The molecule has 0 aliphatic heterocycles. The van der Waals surface area contributed by atoms with Crippen LogP contribution >= 0.6 is 0 Å². The van der Waals surface area contributed by atoms with Crippen molar-refractivity contribution in [3.05, 3.63) is 77.9 Å². The maximum atomic E-state index is 9.46. The quantitative estimate of drug-likeness (QED) is 0.717. The van der Waals surface area contributed by atoms with Crippen molar-refractivity contribution in [1.82, 2.24) is 4.90 Å². The normalized spacial score (nSPS) is 11.1. The highest BCUT2D eigenvalue weighted by Crippen LogP contribution is 2.29. The van der Waals surface area contributed by atoms with Crippen LogP contribution in [0.3, 0.4) is 0 Å². The van der Waals surface area contributed by atoms with Crippen molar-refractivity contribution in [2.45, 2.75) is 13.1 Å². The second kappa shape index (κ2) is 7.95. The van der Waals surface area contributed by atoms with Gasteiger partial charge in [-0.25, -0.2) is 0 Å². The Morgan fingerprint density at radius 1 is 0.875 bits per heavy atom. The van der Waals surface area contributed by atoms with E-state index in [4.69, 9.17) is 4.74 Å². The zero-order valence-electron chi connectivity index (χ0n) is 14.0. The van der Waals surface area contributed by atoms with E-state index in [2.05, 4.69) is 41.3 Å². The monoisotopic (exact) mass is 321 g/mol. The first kappa shape index (κ1) is 16.5. The molecule has 3 rings (SSSR count). The van der Waals surface area contributed by atoms with E-state index in [-0.39, 0.29) is 6.61 Å². The number of hydrogen-bond donors (Lipinski definition) is 1. The third-order valence-electron chi connectivity index (χ3n) is 4.26. The average molecular weight is 321 g/mol. The van der Waals surface area contributed by atoms with Gasteiger partial charge in [-0.15, -0.1) is 0 Å². The van der Waals surface area contributed by atoms with Crippen LogP contribution in [-0.2, 0) is 13.1 Å². The molecule has 0 saturated heterocycles. The molecule has 1 N–H and O–H groups in total. The van der Waals surface area contributed by atoms with Crippen molar-refractivity contribution in [2.75, 3.05) is 20.3 Å². The first-order valence-electron chi connectivity index (χ1n) is 8.23. The number of nitrogens with zero attached hydrogens (tertiary/aromatic N) is 1. The SMILES string of the molecule is COc1ccc2ccccc2c1CN(CCO)Cc1ccccc1. The molecule has 0 saturated carbocycles. The van der Waals surface area contributed by atoms with E-state index in [0.717, 1.165) is 18.8 Å². The van der Waals surface area contributed by atoms with Gasteiger partial charge in [-0.2, -0.15) is 0 Å². The summed E-state index contributed by atoms with van der Waals surface area (Å²) in [6.45, 7) is 2.30. The fraction of sp³-hybridized carbons (Fsp3) is 0.238. The Kier molecular flexibility index (Phi) is 5.47. The Hall–Kier alpha value is -2.36. The number of aliphatic hydroxyl groups is 1. The summed E-state index contributed by atoms with van der Waals surface area (Å²) in [5, 5.41) is 11.9. The van der Waals surface area contributed by atoms with Crippen LogP contribution in [-0.4, -0.2) is 30.3 Å². The lowest BCUT2D eigenvalue weighted by Gasteiger charge is -2.23. The van der Waals surface area contributed by atoms with Crippen LogP contribution in [0.2, 0.25) is 0 Å². The third kappa shape index (κ3) is 3.75. The Morgan fingerprint density at radius 2 is 1.62 bits per heavy atom. The van der Waals surface area contributed by atoms with Crippen molar-refractivity contribution in [3.63, 3.8) is 0 Å². The molecule has 3 nitrogen and oxygen atoms in total. The molecule has 0 spiro atoms. The van der Waals surface area contributed by atoms with Gasteiger partial charge in [-0.05, 0) is 22.4 Å². The van der Waals surface area contributed by atoms with E-state index in [0.29, 0.717) is 6.54 Å². The predicted molar refractivity (Wildman–Crippen MR) is 98.1 cm³/mol. The van der Waals surface area contributed by atoms with Crippen LogP contribution in [0.15, 0.2) is 66.7 Å². The molecule has 3 aromatic carbocycles. The molecule has 0 amide bonds. The highest BCUT2D eigenvalue weighted by Gasteiger charge is 2.13. The summed E-state index contributed by atoms with van der Waals surface area (Å²) < 4.78 is 5.59. The molecule has 0 fully saturated rings. The smallest absolute Gasteiger partial charge is 0.123 e. The largest absolute Gasteiger partial charge is 0.496 e. The molecule has 0 aliphatic carbocycles. The van der Waals surface area contributed by atoms with E-state index in [1.165, 1.54) is 21.9 Å². The summed E-state index contributed by atoms with van der Waals surface area (Å²) in [6.07, 6.45) is 0. The lowest BCUT2D eigenvalue weighted by Crippen LogP contribution is -2.26. The van der Waals surface area contributed by atoms with Crippen molar-refractivity contribution >= 4 is 10.8 Å². The summed E-state index contributed by atoms with van der Waals surface area (Å²) in [5.74, 6) is 0.893. The molecule has 3 aromatic rings. The minimum Gasteiger partial charge on any atom is -0.496 e. The van der Waals surface area contributed by atoms with Gasteiger partial charge in [0.1, 0.15) is 5.75 Å². The molecular weight excluding hydrogens is 298 g/mol. The predicted octanol–water partition coefficient (Wildman–Crippen LogP) is 3.84. The third-order valence-corrected chi connectivity index (χ3v) is 4.26. The first-order chi connectivity index (χ1) is 11.8. The fourth-order valence-corrected chi connectivity index (χ4v) is 3.09. The van der Waals surface area contributed by atoms with E-state index >= 15 is 0 Å². The van der Waals surface area contributed by atoms with Crippen molar-refractivity contribution in [3.8, 4) is 5.75 Å². The van der Waals surface area contributed by atoms with Gasteiger partial charge in [-0.1, -0.05) is 60.7 Å². The minimum absolute atomic E-state index is 0.139. The fourth-order valence-electron chi connectivity index (χ4n) is 3.09. The number of benzene rings is 3. The number of ether oxygens (including phenoxy) is 1. The second-order valence-electron chi connectivity index (χ2n) is 5.89. The molecule has 0 aliphatic rings. The van der Waals surface area contributed by atoms with Gasteiger partial charge in [0.2, 0.25) is 0 Å². The number of aliphatic hydroxyl groups excluding tert-OH is 1. The summed E-state index contributed by atoms with van der Waals surface area (Å²) in [5.41, 5.74) is 2.41. The van der Waals surface area contributed by atoms with Crippen LogP contribution < -0.4 is 4.74 Å². The minimum atomic E-state index is 0.139. The molecular formula is C21H23NO2. The lowest BCUT2D eigenvalue weighted by atomic mass is 10.0. The van der Waals surface area contributed by atoms with E-state index in [1.807, 2.05) is 30.3 Å². The summed E-state index contributed by atoms with van der Waals surface area (Å²) in [7, 11) is 1.71. The van der Waals surface area contributed by atoms with Crippen LogP contribution in [0.25, 0.3) is 10.8 Å². The first-order valence-corrected chi connectivity index (χ1v) is 8.23. The maximum Gasteiger partial charge on any atom is 0.123 e. The van der Waals surface area contributed by atoms with Crippen molar-refractivity contribution < 1.29 is 9.84 Å². The van der Waals surface area contributed by atoms with Gasteiger partial charge in [0.15, 0.2) is 0 Å². The Morgan fingerprint density at radius 3 is 2.38 bits per heavy atom. The summed E-state index contributed by atoms with van der Waals surface area (Å²) >= 11 is 0. The molecule has 0 atom stereocenters. The maximum absolute atomic E-state index is 9.46. The highest BCUT2D eigenvalue weighted by molar-refractivity contribution is 5.87. The highest BCUT2D eigenvalue weighted by atomic mass is 16.5. The van der Waals surface area contributed by atoms with Crippen LogP contribution in [0.5, 0.6) is 5.75 Å². The van der Waals surface area contributed by atoms with Gasteiger partial charge < -0.3 is 9.84 Å². The number of fused-ring (bicyclic) bond motifs is 1. The zero-order chi connectivity index (χ0) is 16.8. The number of rotatable bonds is 7. The standard InChI is InChI=1S/C21H23NO2/c1-24-21-12-11-18-9-5-6-10-19(18)20(21)16-22(13-14-23)15-17-7-3-2-4-8-17/h2-12,23H,13-16H2,1H3. The number of hydrogen-bond acceptors (Lipinski definition) is 3. The van der Waals surface area contributed by atoms with Gasteiger partial charge in [0.25, 0.3) is 0 Å². The topological polar surface area (TPSA) is 32.7 Å². The summed E-state index contributed by atoms with van der Waals surface area (Å²) in [4.78, 5) is 2.25. The van der Waals surface area contributed by atoms with Gasteiger partial charge in [-0.3, -0.25) is 4.90 Å². The van der Waals surface area contributed by atoms with Gasteiger partial charge >= 0.3 is 0 Å². The lowest BCUT2D eigenvalue weighted by molar-refractivity contribution is 0.183. The van der Waals surface area contributed by atoms with Gasteiger partial charge in [0, 0.05) is 25.2 Å². The van der Waals surface area contributed by atoms with E-state index in [1.54, 1.807) is 7.11 Å². The zero-order valence-corrected chi connectivity index (χ0v) is 14.0. The van der Waals surface area contributed by atoms with Crippen LogP contribution in [0, 0.1) is 0 Å². The van der Waals surface area contributed by atoms with E-state index in [9.17, 15) is 5.11 Å². The summed E-state index contributed by atoms with van der Waals surface area (Å²) in [6, 6.07) is 22.8. The molecule has 0 bridgehead atoms. The second-order valence-corrected chi connectivity index (χ2v) is 5.89. The van der Waals surface area contributed by atoms with Crippen molar-refractivity contribution in [1.29, 1.82) is 0 Å². The van der Waals surface area contributed by atoms with Crippen LogP contribution in [0.1, 0.15) is 11.1 Å². The van der Waals surface area contributed by atoms with E-state index < -0.39 is 0 Å². The Balaban J connectivity index is 1.93. The molecule has 124 valence electrons.